The lowest BCUT2D eigenvalue weighted by Crippen LogP contribution is -2.51. The molecule has 1 saturated heterocycles. The summed E-state index contributed by atoms with van der Waals surface area (Å²) in [7, 11) is 2.68. The fourth-order valence-electron chi connectivity index (χ4n) is 2.25. The smallest absolute Gasteiger partial charge is 0.319 e. The quantitative estimate of drug-likeness (QED) is 0.724. The van der Waals surface area contributed by atoms with Crippen LogP contribution >= 0.6 is 0 Å². The second kappa shape index (κ2) is 5.74. The Morgan fingerprint density at radius 1 is 1.38 bits per heavy atom. The molecule has 1 fully saturated rings. The molecule has 1 aliphatic heterocycles. The molecule has 112 valence electrons. The normalized spacial score (nSPS) is 21.2. The number of hydrogen-bond donors (Lipinski definition) is 3. The summed E-state index contributed by atoms with van der Waals surface area (Å²) in [4.78, 5) is 23.6. The van der Waals surface area contributed by atoms with Crippen LogP contribution in [0.5, 0.6) is 11.5 Å². The van der Waals surface area contributed by atoms with Crippen LogP contribution in [0, 0.1) is 5.92 Å². The van der Waals surface area contributed by atoms with Gasteiger partial charge in [-0.15, -0.1) is 0 Å². The number of rotatable bonds is 3. The topological polar surface area (TPSA) is 96.9 Å². The molecule has 1 aliphatic rings. The lowest BCUT2D eigenvalue weighted by Gasteiger charge is -2.33. The Kier molecular flexibility index (Phi) is 4.02. The second-order valence-corrected chi connectivity index (χ2v) is 4.53. The average Bonchev–Trinajstić information content (AvgIpc) is 2.46. The van der Waals surface area contributed by atoms with Crippen LogP contribution < -0.4 is 15.4 Å². The number of amides is 2. The highest BCUT2D eigenvalue weighted by atomic mass is 16.5. The van der Waals surface area contributed by atoms with E-state index in [4.69, 9.17) is 9.47 Å². The average molecular weight is 292 g/mol. The van der Waals surface area contributed by atoms with E-state index in [9.17, 15) is 14.7 Å². The molecule has 1 heterocycles. The molecule has 0 saturated carbocycles. The molecule has 0 radical (unpaired) electrons. The molecule has 0 bridgehead atoms. The summed E-state index contributed by atoms with van der Waals surface area (Å²) in [6.45, 7) is 3.70. The van der Waals surface area contributed by atoms with Gasteiger partial charge < -0.3 is 25.2 Å². The van der Waals surface area contributed by atoms with Crippen LogP contribution in [0.4, 0.5) is 4.79 Å². The van der Waals surface area contributed by atoms with Gasteiger partial charge in [-0.25, -0.2) is 4.79 Å². The van der Waals surface area contributed by atoms with E-state index in [2.05, 4.69) is 17.2 Å². The molecule has 0 aliphatic carbocycles. The lowest BCUT2D eigenvalue weighted by molar-refractivity contribution is -0.145. The van der Waals surface area contributed by atoms with Crippen molar-refractivity contribution >= 4 is 12.0 Å². The van der Waals surface area contributed by atoms with E-state index in [0.717, 1.165) is 0 Å². The van der Waals surface area contributed by atoms with Crippen molar-refractivity contribution in [2.45, 2.75) is 6.04 Å². The van der Waals surface area contributed by atoms with Crippen LogP contribution in [-0.2, 0) is 9.53 Å². The molecule has 2 amide bonds. The van der Waals surface area contributed by atoms with Crippen molar-refractivity contribution in [3.05, 3.63) is 36.0 Å². The zero-order chi connectivity index (χ0) is 15.6. The molecule has 1 aromatic rings. The SMILES string of the molecule is C=C1NC(=O)NC(c2ccc(O)c(OC)c2)C1C(=O)OC. The van der Waals surface area contributed by atoms with E-state index in [1.54, 1.807) is 12.1 Å². The van der Waals surface area contributed by atoms with E-state index in [0.29, 0.717) is 5.56 Å². The van der Waals surface area contributed by atoms with Crippen molar-refractivity contribution in [1.82, 2.24) is 10.6 Å². The Morgan fingerprint density at radius 3 is 2.71 bits per heavy atom. The van der Waals surface area contributed by atoms with Crippen LogP contribution in [0.3, 0.4) is 0 Å². The highest BCUT2D eigenvalue weighted by Crippen LogP contribution is 2.35. The van der Waals surface area contributed by atoms with Gasteiger partial charge in [-0.1, -0.05) is 12.6 Å². The summed E-state index contributed by atoms with van der Waals surface area (Å²) in [5.74, 6) is -1.09. The van der Waals surface area contributed by atoms with Crippen LogP contribution in [0.15, 0.2) is 30.5 Å². The number of nitrogens with one attached hydrogen (secondary N) is 2. The molecular weight excluding hydrogens is 276 g/mol. The van der Waals surface area contributed by atoms with E-state index < -0.39 is 24.0 Å². The number of aromatic hydroxyl groups is 1. The Morgan fingerprint density at radius 2 is 2.10 bits per heavy atom. The lowest BCUT2D eigenvalue weighted by atomic mass is 9.89. The van der Waals surface area contributed by atoms with Gasteiger partial charge in [-0.3, -0.25) is 4.79 Å². The largest absolute Gasteiger partial charge is 0.504 e. The van der Waals surface area contributed by atoms with Gasteiger partial charge >= 0.3 is 12.0 Å². The van der Waals surface area contributed by atoms with Crippen LogP contribution in [-0.4, -0.2) is 31.3 Å². The molecule has 7 heteroatoms. The van der Waals surface area contributed by atoms with Crippen molar-refractivity contribution < 1.29 is 24.2 Å². The van der Waals surface area contributed by atoms with Gasteiger partial charge in [0.1, 0.15) is 5.92 Å². The van der Waals surface area contributed by atoms with Crippen LogP contribution in [0.25, 0.3) is 0 Å². The molecule has 2 atom stereocenters. The van der Waals surface area contributed by atoms with E-state index in [1.807, 2.05) is 0 Å². The Labute approximate surface area is 121 Å². The first kappa shape index (κ1) is 14.7. The number of urea groups is 1. The highest BCUT2D eigenvalue weighted by Gasteiger charge is 2.38. The zero-order valence-corrected chi connectivity index (χ0v) is 11.7. The van der Waals surface area contributed by atoms with Gasteiger partial charge in [0.15, 0.2) is 11.5 Å². The molecule has 2 rings (SSSR count). The molecule has 7 nitrogen and oxygen atoms in total. The number of ether oxygens (including phenoxy) is 2. The predicted molar refractivity (Wildman–Crippen MR) is 73.7 cm³/mol. The van der Waals surface area contributed by atoms with Gasteiger partial charge in [0.2, 0.25) is 0 Å². The maximum Gasteiger partial charge on any atom is 0.319 e. The number of benzene rings is 1. The van der Waals surface area contributed by atoms with Crippen LogP contribution in [0.1, 0.15) is 11.6 Å². The van der Waals surface area contributed by atoms with Crippen molar-refractivity contribution in [2.75, 3.05) is 14.2 Å². The first-order valence-electron chi connectivity index (χ1n) is 6.19. The first-order valence-corrected chi connectivity index (χ1v) is 6.19. The number of phenols is 1. The van der Waals surface area contributed by atoms with E-state index in [-0.39, 0.29) is 17.2 Å². The summed E-state index contributed by atoms with van der Waals surface area (Å²) in [5.41, 5.74) is 0.846. The zero-order valence-electron chi connectivity index (χ0n) is 11.7. The van der Waals surface area contributed by atoms with Crippen molar-refractivity contribution in [1.29, 1.82) is 0 Å². The number of esters is 1. The number of hydrogen-bond acceptors (Lipinski definition) is 5. The number of carbonyl (C=O) groups is 2. The summed E-state index contributed by atoms with van der Waals surface area (Å²) in [6.07, 6.45) is 0. The predicted octanol–water partition coefficient (Wildman–Crippen LogP) is 1.06. The van der Waals surface area contributed by atoms with E-state index >= 15 is 0 Å². The number of methoxy groups -OCH3 is 2. The summed E-state index contributed by atoms with van der Waals surface area (Å²) >= 11 is 0. The standard InChI is InChI=1S/C14H16N2O5/c1-7-11(13(18)21-3)12(16-14(19)15-7)8-4-5-9(17)10(6-8)20-2/h4-6,11-12,17H,1H2,2-3H3,(H2,15,16,19). The molecular formula is C14H16N2O5. The maximum absolute atomic E-state index is 11.9. The molecule has 21 heavy (non-hydrogen) atoms. The third-order valence-corrected chi connectivity index (χ3v) is 3.29. The van der Waals surface area contributed by atoms with Crippen molar-refractivity contribution in [2.24, 2.45) is 5.92 Å². The van der Waals surface area contributed by atoms with Gasteiger partial charge in [-0.2, -0.15) is 0 Å². The number of carbonyl (C=O) groups excluding carboxylic acids is 2. The third-order valence-electron chi connectivity index (χ3n) is 3.29. The summed E-state index contributed by atoms with van der Waals surface area (Å²) < 4.78 is 9.79. The molecule has 1 aromatic carbocycles. The van der Waals surface area contributed by atoms with Gasteiger partial charge in [0, 0.05) is 5.70 Å². The van der Waals surface area contributed by atoms with E-state index in [1.165, 1.54) is 20.3 Å². The molecule has 0 aromatic heterocycles. The summed E-state index contributed by atoms with van der Waals surface area (Å²) in [5, 5.41) is 14.7. The maximum atomic E-state index is 11.9. The van der Waals surface area contributed by atoms with Gasteiger partial charge in [0.25, 0.3) is 0 Å². The van der Waals surface area contributed by atoms with Crippen molar-refractivity contribution in [3.8, 4) is 11.5 Å². The fraction of sp³-hybridized carbons (Fsp3) is 0.286. The second-order valence-electron chi connectivity index (χ2n) is 4.53. The molecule has 0 spiro atoms. The fourth-order valence-corrected chi connectivity index (χ4v) is 2.25. The van der Waals surface area contributed by atoms with Crippen LogP contribution in [0.2, 0.25) is 0 Å². The number of phenolic OH excluding ortho intramolecular Hbond substituents is 1. The Bertz CT molecular complexity index is 599. The minimum Gasteiger partial charge on any atom is -0.504 e. The molecule has 3 N–H and O–H groups in total. The minimum absolute atomic E-state index is 0.0324. The first-order chi connectivity index (χ1) is 9.97. The third kappa shape index (κ3) is 2.76. The monoisotopic (exact) mass is 292 g/mol. The Balaban J connectivity index is 2.43. The molecule has 2 unspecified atom stereocenters. The summed E-state index contributed by atoms with van der Waals surface area (Å²) in [6, 6.07) is 3.46. The van der Waals surface area contributed by atoms with Gasteiger partial charge in [-0.05, 0) is 17.7 Å². The van der Waals surface area contributed by atoms with Gasteiger partial charge in [0.05, 0.1) is 20.3 Å². The van der Waals surface area contributed by atoms with Crippen molar-refractivity contribution in [3.63, 3.8) is 0 Å². The Hall–Kier alpha value is -2.70. The minimum atomic E-state index is -0.776. The highest BCUT2D eigenvalue weighted by molar-refractivity contribution is 5.85.